The zero-order valence-electron chi connectivity index (χ0n) is 14.5. The second-order valence-electron chi connectivity index (χ2n) is 5.97. The van der Waals surface area contributed by atoms with Crippen LogP contribution in [0.5, 0.6) is 0 Å². The van der Waals surface area contributed by atoms with Crippen molar-refractivity contribution >= 4 is 23.0 Å². The van der Waals surface area contributed by atoms with Crippen molar-refractivity contribution in [3.05, 3.63) is 71.0 Å². The molecule has 5 heteroatoms. The summed E-state index contributed by atoms with van der Waals surface area (Å²) in [6, 6.07) is 15.6. The number of aryl methyl sites for hydroxylation is 3. The summed E-state index contributed by atoms with van der Waals surface area (Å²) in [5.74, 6) is 1.32. The van der Waals surface area contributed by atoms with Crippen molar-refractivity contribution in [3.63, 3.8) is 0 Å². The summed E-state index contributed by atoms with van der Waals surface area (Å²) in [5.41, 5.74) is 5.91. The highest BCUT2D eigenvalue weighted by Crippen LogP contribution is 2.26. The fourth-order valence-electron chi connectivity index (χ4n) is 2.83. The molecule has 0 spiro atoms. The Morgan fingerprint density at radius 2 is 1.52 bits per heavy atom. The van der Waals surface area contributed by atoms with Crippen LogP contribution in [0, 0.1) is 32.1 Å². The van der Waals surface area contributed by atoms with Crippen LogP contribution in [0.25, 0.3) is 0 Å². The van der Waals surface area contributed by atoms with Crippen molar-refractivity contribution in [3.8, 4) is 6.07 Å². The fourth-order valence-corrected chi connectivity index (χ4v) is 2.83. The summed E-state index contributed by atoms with van der Waals surface area (Å²) < 4.78 is 0. The van der Waals surface area contributed by atoms with Crippen LogP contribution in [-0.2, 0) is 0 Å². The van der Waals surface area contributed by atoms with E-state index >= 15 is 0 Å². The predicted octanol–water partition coefficient (Wildman–Crippen LogP) is 4.76. The summed E-state index contributed by atoms with van der Waals surface area (Å²) in [6.45, 7) is 6.24. The van der Waals surface area contributed by atoms with Crippen LogP contribution >= 0.6 is 0 Å². The predicted molar refractivity (Wildman–Crippen MR) is 100 cm³/mol. The third-order valence-corrected chi connectivity index (χ3v) is 3.91. The highest BCUT2D eigenvalue weighted by atomic mass is 15.1. The van der Waals surface area contributed by atoms with Crippen molar-refractivity contribution < 1.29 is 0 Å². The normalized spacial score (nSPS) is 10.2. The minimum atomic E-state index is 0.570. The molecular formula is C20H19N5. The molecule has 0 atom stereocenters. The van der Waals surface area contributed by atoms with Gasteiger partial charge in [-0.05, 0) is 44.0 Å². The molecule has 1 aromatic heterocycles. The van der Waals surface area contributed by atoms with E-state index in [1.807, 2.05) is 24.3 Å². The second-order valence-corrected chi connectivity index (χ2v) is 5.97. The number of nitrogens with zero attached hydrogens (tertiary/aromatic N) is 3. The Morgan fingerprint density at radius 1 is 0.880 bits per heavy atom. The second kappa shape index (κ2) is 7.02. The maximum absolute atomic E-state index is 9.19. The number of nitrogens with one attached hydrogen (secondary N) is 2. The quantitative estimate of drug-likeness (QED) is 0.722. The van der Waals surface area contributed by atoms with Crippen LogP contribution in [-0.4, -0.2) is 9.97 Å². The standard InChI is InChI=1S/C20H19N5/c1-13-8-14(2)20(15(3)9-13)25-19-10-18(22-12-23-19)24-17-7-5-4-6-16(17)11-21/h4-10,12H,1-3H3,(H2,22,23,24,25). The van der Waals surface area contributed by atoms with E-state index in [1.165, 1.54) is 23.0 Å². The fraction of sp³-hybridized carbons (Fsp3) is 0.150. The summed E-state index contributed by atoms with van der Waals surface area (Å²) in [7, 11) is 0. The summed E-state index contributed by atoms with van der Waals surface area (Å²) >= 11 is 0. The Labute approximate surface area is 147 Å². The molecule has 0 fully saturated rings. The van der Waals surface area contributed by atoms with Gasteiger partial charge in [0.2, 0.25) is 0 Å². The lowest BCUT2D eigenvalue weighted by Gasteiger charge is -2.14. The molecule has 2 N–H and O–H groups in total. The number of benzene rings is 2. The SMILES string of the molecule is Cc1cc(C)c(Nc2cc(Nc3ccccc3C#N)ncn2)c(C)c1. The largest absolute Gasteiger partial charge is 0.340 e. The maximum Gasteiger partial charge on any atom is 0.135 e. The summed E-state index contributed by atoms with van der Waals surface area (Å²) in [6.07, 6.45) is 1.50. The van der Waals surface area contributed by atoms with Gasteiger partial charge < -0.3 is 10.6 Å². The van der Waals surface area contributed by atoms with Crippen LogP contribution in [0.3, 0.4) is 0 Å². The van der Waals surface area contributed by atoms with Crippen molar-refractivity contribution in [1.82, 2.24) is 9.97 Å². The van der Waals surface area contributed by atoms with Crippen LogP contribution < -0.4 is 10.6 Å². The van der Waals surface area contributed by atoms with Gasteiger partial charge in [-0.3, -0.25) is 0 Å². The number of anilines is 4. The minimum absolute atomic E-state index is 0.570. The van der Waals surface area contributed by atoms with E-state index in [-0.39, 0.29) is 0 Å². The van der Waals surface area contributed by atoms with Gasteiger partial charge in [-0.25, -0.2) is 9.97 Å². The lowest BCUT2D eigenvalue weighted by molar-refractivity contribution is 1.16. The molecule has 0 amide bonds. The Morgan fingerprint density at radius 3 is 2.20 bits per heavy atom. The number of rotatable bonds is 4. The lowest BCUT2D eigenvalue weighted by atomic mass is 10.1. The van der Waals surface area contributed by atoms with Crippen molar-refractivity contribution in [2.24, 2.45) is 0 Å². The molecule has 124 valence electrons. The first-order chi connectivity index (χ1) is 12.1. The molecule has 0 saturated heterocycles. The first kappa shape index (κ1) is 16.5. The van der Waals surface area contributed by atoms with Gasteiger partial charge in [-0.2, -0.15) is 5.26 Å². The average molecular weight is 329 g/mol. The van der Waals surface area contributed by atoms with E-state index in [1.54, 1.807) is 6.07 Å². The molecule has 25 heavy (non-hydrogen) atoms. The highest BCUT2D eigenvalue weighted by molar-refractivity contribution is 5.69. The van der Waals surface area contributed by atoms with E-state index < -0.39 is 0 Å². The molecule has 1 heterocycles. The molecule has 0 aliphatic rings. The third kappa shape index (κ3) is 3.75. The van der Waals surface area contributed by atoms with E-state index in [0.717, 1.165) is 11.4 Å². The monoisotopic (exact) mass is 329 g/mol. The molecule has 0 aliphatic carbocycles. The Bertz CT molecular complexity index is 933. The number of hydrogen-bond donors (Lipinski definition) is 2. The first-order valence-electron chi connectivity index (χ1n) is 8.00. The molecule has 5 nitrogen and oxygen atoms in total. The summed E-state index contributed by atoms with van der Waals surface area (Å²) in [4.78, 5) is 8.54. The third-order valence-electron chi connectivity index (χ3n) is 3.91. The lowest BCUT2D eigenvalue weighted by Crippen LogP contribution is -2.02. The van der Waals surface area contributed by atoms with Crippen molar-refractivity contribution in [2.45, 2.75) is 20.8 Å². The molecule has 2 aromatic carbocycles. The summed E-state index contributed by atoms with van der Waals surface area (Å²) in [5, 5.41) is 15.7. The highest BCUT2D eigenvalue weighted by Gasteiger charge is 2.07. The van der Waals surface area contributed by atoms with Crippen LogP contribution in [0.1, 0.15) is 22.3 Å². The van der Waals surface area contributed by atoms with E-state index in [0.29, 0.717) is 17.2 Å². The molecule has 0 bridgehead atoms. The van der Waals surface area contributed by atoms with E-state index in [9.17, 15) is 5.26 Å². The number of nitriles is 1. The first-order valence-corrected chi connectivity index (χ1v) is 8.00. The van der Waals surface area contributed by atoms with Crippen molar-refractivity contribution in [2.75, 3.05) is 10.6 Å². The zero-order valence-corrected chi connectivity index (χ0v) is 14.5. The smallest absolute Gasteiger partial charge is 0.135 e. The Balaban J connectivity index is 1.87. The topological polar surface area (TPSA) is 73.6 Å². The van der Waals surface area contributed by atoms with E-state index in [2.05, 4.69) is 59.6 Å². The number of para-hydroxylation sites is 1. The molecule has 3 aromatic rings. The van der Waals surface area contributed by atoms with Gasteiger partial charge in [-0.1, -0.05) is 29.8 Å². The Hall–Kier alpha value is -3.39. The maximum atomic E-state index is 9.19. The number of hydrogen-bond acceptors (Lipinski definition) is 5. The van der Waals surface area contributed by atoms with Gasteiger partial charge in [0.05, 0.1) is 11.3 Å². The van der Waals surface area contributed by atoms with Gasteiger partial charge in [0.25, 0.3) is 0 Å². The van der Waals surface area contributed by atoms with Crippen molar-refractivity contribution in [1.29, 1.82) is 5.26 Å². The van der Waals surface area contributed by atoms with Crippen LogP contribution in [0.4, 0.5) is 23.0 Å². The minimum Gasteiger partial charge on any atom is -0.340 e. The molecule has 0 saturated carbocycles. The zero-order chi connectivity index (χ0) is 17.8. The average Bonchev–Trinajstić information content (AvgIpc) is 2.59. The van der Waals surface area contributed by atoms with Gasteiger partial charge >= 0.3 is 0 Å². The van der Waals surface area contributed by atoms with Gasteiger partial charge in [0, 0.05) is 11.8 Å². The van der Waals surface area contributed by atoms with Crippen LogP contribution in [0.2, 0.25) is 0 Å². The molecule has 0 aliphatic heterocycles. The molecule has 0 radical (unpaired) electrons. The van der Waals surface area contributed by atoms with Gasteiger partial charge in [0.15, 0.2) is 0 Å². The van der Waals surface area contributed by atoms with Crippen LogP contribution in [0.15, 0.2) is 48.8 Å². The van der Waals surface area contributed by atoms with E-state index in [4.69, 9.17) is 0 Å². The molecule has 3 rings (SSSR count). The molecule has 0 unspecified atom stereocenters. The van der Waals surface area contributed by atoms with Gasteiger partial charge in [-0.15, -0.1) is 0 Å². The molecular weight excluding hydrogens is 310 g/mol. The van der Waals surface area contributed by atoms with Gasteiger partial charge in [0.1, 0.15) is 24.0 Å². The Kier molecular flexibility index (Phi) is 4.62. The number of aromatic nitrogens is 2.